The molecule has 0 amide bonds. The van der Waals surface area contributed by atoms with Crippen molar-refractivity contribution in [1.29, 1.82) is 0 Å². The monoisotopic (exact) mass is 245 g/mol. The second-order valence-corrected chi connectivity index (χ2v) is 4.29. The smallest absolute Gasteiger partial charge is 0.146 e. The van der Waals surface area contributed by atoms with Gasteiger partial charge >= 0.3 is 0 Å². The molecule has 0 saturated carbocycles. The topological polar surface area (TPSA) is 32.3 Å². The summed E-state index contributed by atoms with van der Waals surface area (Å²) in [6.07, 6.45) is -0.647. The molecule has 0 bridgehead atoms. The molecule has 2 rings (SSSR count). The van der Waals surface area contributed by atoms with E-state index in [1.54, 1.807) is 12.1 Å². The summed E-state index contributed by atoms with van der Waals surface area (Å²) in [5.41, 5.74) is 2.22. The van der Waals surface area contributed by atoms with Gasteiger partial charge in [-0.3, -0.25) is 0 Å². The van der Waals surface area contributed by atoms with Gasteiger partial charge in [-0.15, -0.1) is 0 Å². The maximum atomic E-state index is 13.5. The standard InChI is InChI=1S/C15H16FNO/c1-11-7-8-13(16)14(9-11)17-10-15(18)12-5-3-2-4-6-12/h2-9,15,17-18H,10H2,1H3. The minimum absolute atomic E-state index is 0.282. The number of rotatable bonds is 4. The first kappa shape index (κ1) is 12.6. The van der Waals surface area contributed by atoms with Crippen molar-refractivity contribution in [3.8, 4) is 0 Å². The highest BCUT2D eigenvalue weighted by Gasteiger charge is 2.08. The summed E-state index contributed by atoms with van der Waals surface area (Å²) in [4.78, 5) is 0. The number of anilines is 1. The van der Waals surface area contributed by atoms with Crippen LogP contribution in [-0.4, -0.2) is 11.7 Å². The molecule has 0 aliphatic carbocycles. The highest BCUT2D eigenvalue weighted by atomic mass is 19.1. The van der Waals surface area contributed by atoms with E-state index in [0.717, 1.165) is 11.1 Å². The Kier molecular flexibility index (Phi) is 3.95. The van der Waals surface area contributed by atoms with Crippen LogP contribution in [0.4, 0.5) is 10.1 Å². The summed E-state index contributed by atoms with van der Waals surface area (Å²) in [6.45, 7) is 2.18. The molecule has 2 N–H and O–H groups in total. The first-order chi connectivity index (χ1) is 8.66. The SMILES string of the molecule is Cc1ccc(F)c(NCC(O)c2ccccc2)c1. The van der Waals surface area contributed by atoms with E-state index in [1.165, 1.54) is 6.07 Å². The van der Waals surface area contributed by atoms with Crippen LogP contribution >= 0.6 is 0 Å². The maximum absolute atomic E-state index is 13.5. The van der Waals surface area contributed by atoms with E-state index in [0.29, 0.717) is 5.69 Å². The van der Waals surface area contributed by atoms with Crippen LogP contribution in [0.2, 0.25) is 0 Å². The Morgan fingerprint density at radius 2 is 1.89 bits per heavy atom. The second kappa shape index (κ2) is 5.65. The van der Waals surface area contributed by atoms with Crippen LogP contribution in [0.5, 0.6) is 0 Å². The van der Waals surface area contributed by atoms with Crippen LogP contribution < -0.4 is 5.32 Å². The van der Waals surface area contributed by atoms with E-state index in [9.17, 15) is 9.50 Å². The molecule has 0 spiro atoms. The van der Waals surface area contributed by atoms with E-state index in [1.807, 2.05) is 37.3 Å². The number of aryl methyl sites for hydroxylation is 1. The van der Waals surface area contributed by atoms with Crippen molar-refractivity contribution in [2.24, 2.45) is 0 Å². The normalized spacial score (nSPS) is 12.2. The van der Waals surface area contributed by atoms with Crippen LogP contribution in [-0.2, 0) is 0 Å². The third-order valence-electron chi connectivity index (χ3n) is 2.79. The zero-order chi connectivity index (χ0) is 13.0. The van der Waals surface area contributed by atoms with Crippen molar-refractivity contribution in [2.45, 2.75) is 13.0 Å². The van der Waals surface area contributed by atoms with Gasteiger partial charge in [-0.05, 0) is 30.2 Å². The first-order valence-corrected chi connectivity index (χ1v) is 5.90. The van der Waals surface area contributed by atoms with Crippen LogP contribution in [0.1, 0.15) is 17.2 Å². The summed E-state index contributed by atoms with van der Waals surface area (Å²) < 4.78 is 13.5. The Labute approximate surface area is 106 Å². The molecule has 2 nitrogen and oxygen atoms in total. The van der Waals surface area contributed by atoms with Crippen molar-refractivity contribution in [1.82, 2.24) is 0 Å². The molecule has 3 heteroatoms. The molecule has 2 aromatic carbocycles. The molecule has 0 aliphatic rings. The number of aliphatic hydroxyl groups excluding tert-OH is 1. The molecule has 2 aromatic rings. The fraction of sp³-hybridized carbons (Fsp3) is 0.200. The Hall–Kier alpha value is -1.87. The number of nitrogens with one attached hydrogen (secondary N) is 1. The molecule has 0 aliphatic heterocycles. The van der Waals surface area contributed by atoms with Crippen molar-refractivity contribution < 1.29 is 9.50 Å². The number of hydrogen-bond donors (Lipinski definition) is 2. The molecule has 0 heterocycles. The zero-order valence-corrected chi connectivity index (χ0v) is 10.2. The van der Waals surface area contributed by atoms with Gasteiger partial charge < -0.3 is 10.4 Å². The largest absolute Gasteiger partial charge is 0.387 e. The molecule has 0 fully saturated rings. The van der Waals surface area contributed by atoms with Crippen LogP contribution in [0, 0.1) is 12.7 Å². The Bertz CT molecular complexity index is 513. The van der Waals surface area contributed by atoms with Gasteiger partial charge in [-0.1, -0.05) is 36.4 Å². The van der Waals surface area contributed by atoms with Gasteiger partial charge in [0.25, 0.3) is 0 Å². The second-order valence-electron chi connectivity index (χ2n) is 4.29. The summed E-state index contributed by atoms with van der Waals surface area (Å²) in [7, 11) is 0. The quantitative estimate of drug-likeness (QED) is 0.866. The fourth-order valence-corrected chi connectivity index (χ4v) is 1.77. The fourth-order valence-electron chi connectivity index (χ4n) is 1.77. The average molecular weight is 245 g/mol. The lowest BCUT2D eigenvalue weighted by molar-refractivity contribution is 0.191. The molecular weight excluding hydrogens is 229 g/mol. The van der Waals surface area contributed by atoms with Crippen LogP contribution in [0.15, 0.2) is 48.5 Å². The highest BCUT2D eigenvalue weighted by molar-refractivity contribution is 5.47. The number of aliphatic hydroxyl groups is 1. The molecule has 94 valence electrons. The summed E-state index contributed by atoms with van der Waals surface area (Å²) in [5, 5.41) is 12.9. The molecule has 1 atom stereocenters. The Balaban J connectivity index is 2.01. The van der Waals surface area contributed by atoms with Gasteiger partial charge in [0.15, 0.2) is 0 Å². The van der Waals surface area contributed by atoms with Gasteiger partial charge in [0.05, 0.1) is 11.8 Å². The lowest BCUT2D eigenvalue weighted by atomic mass is 10.1. The van der Waals surface area contributed by atoms with E-state index in [2.05, 4.69) is 5.32 Å². The molecule has 0 radical (unpaired) electrons. The van der Waals surface area contributed by atoms with E-state index < -0.39 is 6.10 Å². The van der Waals surface area contributed by atoms with Gasteiger partial charge in [-0.2, -0.15) is 0 Å². The minimum atomic E-state index is -0.647. The molecule has 1 unspecified atom stereocenters. The van der Waals surface area contributed by atoms with Crippen molar-refractivity contribution in [3.63, 3.8) is 0 Å². The lowest BCUT2D eigenvalue weighted by Gasteiger charge is -2.14. The van der Waals surface area contributed by atoms with Crippen molar-refractivity contribution >= 4 is 5.69 Å². The third kappa shape index (κ3) is 3.08. The minimum Gasteiger partial charge on any atom is -0.387 e. The maximum Gasteiger partial charge on any atom is 0.146 e. The summed E-state index contributed by atoms with van der Waals surface area (Å²) in [6, 6.07) is 14.2. The number of halogens is 1. The lowest BCUT2D eigenvalue weighted by Crippen LogP contribution is -2.13. The third-order valence-corrected chi connectivity index (χ3v) is 2.79. The predicted molar refractivity (Wildman–Crippen MR) is 71.0 cm³/mol. The van der Waals surface area contributed by atoms with Crippen molar-refractivity contribution in [3.05, 3.63) is 65.5 Å². The van der Waals surface area contributed by atoms with E-state index in [4.69, 9.17) is 0 Å². The summed E-state index contributed by atoms with van der Waals surface area (Å²) >= 11 is 0. The number of benzene rings is 2. The van der Waals surface area contributed by atoms with Gasteiger partial charge in [-0.25, -0.2) is 4.39 Å². The average Bonchev–Trinajstić information content (AvgIpc) is 2.40. The van der Waals surface area contributed by atoms with Gasteiger partial charge in [0.2, 0.25) is 0 Å². The highest BCUT2D eigenvalue weighted by Crippen LogP contribution is 2.18. The molecule has 0 saturated heterocycles. The van der Waals surface area contributed by atoms with Crippen LogP contribution in [0.3, 0.4) is 0 Å². The van der Waals surface area contributed by atoms with Gasteiger partial charge in [0, 0.05) is 6.54 Å². The zero-order valence-electron chi connectivity index (χ0n) is 10.2. The Morgan fingerprint density at radius 1 is 1.17 bits per heavy atom. The first-order valence-electron chi connectivity index (χ1n) is 5.90. The molecule has 18 heavy (non-hydrogen) atoms. The molecular formula is C15H16FNO. The van der Waals surface area contributed by atoms with Gasteiger partial charge in [0.1, 0.15) is 5.82 Å². The summed E-state index contributed by atoms with van der Waals surface area (Å²) in [5.74, 6) is -0.305. The van der Waals surface area contributed by atoms with Crippen molar-refractivity contribution in [2.75, 3.05) is 11.9 Å². The van der Waals surface area contributed by atoms with E-state index in [-0.39, 0.29) is 12.4 Å². The predicted octanol–water partition coefficient (Wildman–Crippen LogP) is 3.28. The van der Waals surface area contributed by atoms with E-state index >= 15 is 0 Å². The van der Waals surface area contributed by atoms with Crippen LogP contribution in [0.25, 0.3) is 0 Å². The Morgan fingerprint density at radius 3 is 2.61 bits per heavy atom. The number of hydrogen-bond acceptors (Lipinski definition) is 2. The molecule has 0 aromatic heterocycles.